The minimum Gasteiger partial charge on any atom is -0.312 e. The number of carbonyl (C=O) groups is 1. The standard InChI is InChI=1S/C16H24FNO/c1-6-10-18(15(19)16(4,5)7-2)13-8-9-14(17)12(3)11-13/h8-9,11H,6-7,10H2,1-5H3. The third-order valence-electron chi connectivity index (χ3n) is 3.61. The maximum absolute atomic E-state index is 13.3. The summed E-state index contributed by atoms with van der Waals surface area (Å²) >= 11 is 0. The van der Waals surface area contributed by atoms with Crippen molar-refractivity contribution in [1.82, 2.24) is 0 Å². The number of hydrogen-bond donors (Lipinski definition) is 0. The predicted molar refractivity (Wildman–Crippen MR) is 77.9 cm³/mol. The zero-order valence-corrected chi connectivity index (χ0v) is 12.6. The molecule has 0 atom stereocenters. The Morgan fingerprint density at radius 1 is 1.32 bits per heavy atom. The van der Waals surface area contributed by atoms with Crippen molar-refractivity contribution in [3.63, 3.8) is 0 Å². The third kappa shape index (κ3) is 3.55. The van der Waals surface area contributed by atoms with Crippen molar-refractivity contribution < 1.29 is 9.18 Å². The molecule has 0 aliphatic carbocycles. The van der Waals surface area contributed by atoms with Crippen LogP contribution in [0, 0.1) is 18.2 Å². The zero-order chi connectivity index (χ0) is 14.6. The lowest BCUT2D eigenvalue weighted by atomic mass is 9.88. The monoisotopic (exact) mass is 265 g/mol. The normalized spacial score (nSPS) is 11.5. The van der Waals surface area contributed by atoms with E-state index in [1.54, 1.807) is 24.0 Å². The van der Waals surface area contributed by atoms with E-state index in [0.717, 1.165) is 18.5 Å². The summed E-state index contributed by atoms with van der Waals surface area (Å²) in [7, 11) is 0. The van der Waals surface area contributed by atoms with Crippen LogP contribution in [0.1, 0.15) is 46.1 Å². The van der Waals surface area contributed by atoms with Crippen LogP contribution in [0.25, 0.3) is 0 Å². The van der Waals surface area contributed by atoms with Crippen molar-refractivity contribution in [2.75, 3.05) is 11.4 Å². The van der Waals surface area contributed by atoms with Crippen LogP contribution >= 0.6 is 0 Å². The highest BCUT2D eigenvalue weighted by Gasteiger charge is 2.30. The van der Waals surface area contributed by atoms with Gasteiger partial charge in [0.15, 0.2) is 0 Å². The summed E-state index contributed by atoms with van der Waals surface area (Å²) < 4.78 is 13.3. The molecule has 0 spiro atoms. The van der Waals surface area contributed by atoms with Crippen LogP contribution in [-0.4, -0.2) is 12.5 Å². The lowest BCUT2D eigenvalue weighted by Crippen LogP contribution is -2.41. The highest BCUT2D eigenvalue weighted by atomic mass is 19.1. The third-order valence-corrected chi connectivity index (χ3v) is 3.61. The second-order valence-corrected chi connectivity index (χ2v) is 5.63. The van der Waals surface area contributed by atoms with E-state index in [4.69, 9.17) is 0 Å². The van der Waals surface area contributed by atoms with Crippen LogP contribution in [0.15, 0.2) is 18.2 Å². The van der Waals surface area contributed by atoms with Gasteiger partial charge in [-0.15, -0.1) is 0 Å². The van der Waals surface area contributed by atoms with Crippen molar-refractivity contribution >= 4 is 11.6 Å². The molecule has 0 bridgehead atoms. The average molecular weight is 265 g/mol. The summed E-state index contributed by atoms with van der Waals surface area (Å²) in [6.45, 7) is 10.3. The molecule has 106 valence electrons. The molecule has 0 aliphatic heterocycles. The number of hydrogen-bond acceptors (Lipinski definition) is 1. The molecule has 1 aromatic carbocycles. The number of carbonyl (C=O) groups excluding carboxylic acids is 1. The molecule has 19 heavy (non-hydrogen) atoms. The van der Waals surface area contributed by atoms with Gasteiger partial charge in [0.25, 0.3) is 0 Å². The Morgan fingerprint density at radius 3 is 2.42 bits per heavy atom. The molecular weight excluding hydrogens is 241 g/mol. The highest BCUT2D eigenvalue weighted by Crippen LogP contribution is 2.28. The Hall–Kier alpha value is -1.38. The van der Waals surface area contributed by atoms with Gasteiger partial charge >= 0.3 is 0 Å². The van der Waals surface area contributed by atoms with E-state index in [1.807, 2.05) is 27.7 Å². The van der Waals surface area contributed by atoms with Gasteiger partial charge in [-0.3, -0.25) is 4.79 Å². The summed E-state index contributed by atoms with van der Waals surface area (Å²) in [5.74, 6) is -0.134. The molecule has 3 heteroatoms. The summed E-state index contributed by atoms with van der Waals surface area (Å²) in [4.78, 5) is 14.4. The largest absolute Gasteiger partial charge is 0.312 e. The fourth-order valence-corrected chi connectivity index (χ4v) is 1.88. The Kier molecular flexibility index (Phi) is 5.10. The van der Waals surface area contributed by atoms with E-state index in [9.17, 15) is 9.18 Å². The van der Waals surface area contributed by atoms with Crippen molar-refractivity contribution in [2.24, 2.45) is 5.41 Å². The fourth-order valence-electron chi connectivity index (χ4n) is 1.88. The molecule has 0 aromatic heterocycles. The molecule has 0 heterocycles. The first-order valence-electron chi connectivity index (χ1n) is 6.91. The highest BCUT2D eigenvalue weighted by molar-refractivity contribution is 5.97. The Bertz CT molecular complexity index is 454. The number of amides is 1. The minimum absolute atomic E-state index is 0.0999. The number of rotatable bonds is 5. The van der Waals surface area contributed by atoms with Gasteiger partial charge in [0.05, 0.1) is 0 Å². The van der Waals surface area contributed by atoms with Crippen molar-refractivity contribution in [3.05, 3.63) is 29.6 Å². The Balaban J connectivity index is 3.13. The second kappa shape index (κ2) is 6.18. The molecular formula is C16H24FNO. The zero-order valence-electron chi connectivity index (χ0n) is 12.6. The number of nitrogens with zero attached hydrogens (tertiary/aromatic N) is 1. The molecule has 0 unspecified atom stereocenters. The topological polar surface area (TPSA) is 20.3 Å². The molecule has 0 fully saturated rings. The molecule has 1 amide bonds. The summed E-state index contributed by atoms with van der Waals surface area (Å²) in [6.07, 6.45) is 1.66. The first-order valence-corrected chi connectivity index (χ1v) is 6.91. The first-order chi connectivity index (χ1) is 8.83. The van der Waals surface area contributed by atoms with Crippen molar-refractivity contribution in [2.45, 2.75) is 47.5 Å². The smallest absolute Gasteiger partial charge is 0.232 e. The van der Waals surface area contributed by atoms with E-state index in [0.29, 0.717) is 12.1 Å². The van der Waals surface area contributed by atoms with Gasteiger partial charge in [0.1, 0.15) is 5.82 Å². The minimum atomic E-state index is -0.391. The predicted octanol–water partition coefficient (Wildman–Crippen LogP) is 4.31. The SMILES string of the molecule is CCCN(C(=O)C(C)(C)CC)c1ccc(F)c(C)c1. The van der Waals surface area contributed by atoms with Gasteiger partial charge in [-0.25, -0.2) is 4.39 Å². The number of aryl methyl sites for hydroxylation is 1. The maximum Gasteiger partial charge on any atom is 0.232 e. The molecule has 0 saturated carbocycles. The van der Waals surface area contributed by atoms with Crippen molar-refractivity contribution in [1.29, 1.82) is 0 Å². The van der Waals surface area contributed by atoms with E-state index in [1.165, 1.54) is 6.07 Å². The maximum atomic E-state index is 13.3. The Labute approximate surface area is 115 Å². The van der Waals surface area contributed by atoms with Gasteiger partial charge < -0.3 is 4.90 Å². The molecule has 0 aliphatic rings. The van der Waals surface area contributed by atoms with E-state index in [-0.39, 0.29) is 11.7 Å². The van der Waals surface area contributed by atoms with Gasteiger partial charge in [-0.2, -0.15) is 0 Å². The van der Waals surface area contributed by atoms with Crippen LogP contribution in [0.3, 0.4) is 0 Å². The molecule has 0 N–H and O–H groups in total. The molecule has 1 rings (SSSR count). The molecule has 0 saturated heterocycles. The summed E-state index contributed by atoms with van der Waals surface area (Å²) in [6, 6.07) is 4.86. The van der Waals surface area contributed by atoms with Crippen LogP contribution in [-0.2, 0) is 4.79 Å². The second-order valence-electron chi connectivity index (χ2n) is 5.63. The lowest BCUT2D eigenvalue weighted by Gasteiger charge is -2.31. The van der Waals surface area contributed by atoms with Crippen LogP contribution in [0.2, 0.25) is 0 Å². The van der Waals surface area contributed by atoms with Crippen LogP contribution in [0.5, 0.6) is 0 Å². The molecule has 0 radical (unpaired) electrons. The number of benzene rings is 1. The van der Waals surface area contributed by atoms with Gasteiger partial charge in [0, 0.05) is 17.6 Å². The van der Waals surface area contributed by atoms with Crippen LogP contribution < -0.4 is 4.90 Å². The molecule has 1 aromatic rings. The number of halogens is 1. The fraction of sp³-hybridized carbons (Fsp3) is 0.562. The Morgan fingerprint density at radius 2 is 1.95 bits per heavy atom. The van der Waals surface area contributed by atoms with E-state index >= 15 is 0 Å². The van der Waals surface area contributed by atoms with Gasteiger partial charge in [0.2, 0.25) is 5.91 Å². The van der Waals surface area contributed by atoms with Crippen LogP contribution in [0.4, 0.5) is 10.1 Å². The van der Waals surface area contributed by atoms with E-state index in [2.05, 4.69) is 0 Å². The summed E-state index contributed by atoms with van der Waals surface area (Å²) in [5, 5.41) is 0. The van der Waals surface area contributed by atoms with E-state index < -0.39 is 5.41 Å². The van der Waals surface area contributed by atoms with Gasteiger partial charge in [-0.1, -0.05) is 27.7 Å². The van der Waals surface area contributed by atoms with Gasteiger partial charge in [-0.05, 0) is 43.5 Å². The lowest BCUT2D eigenvalue weighted by molar-refractivity contribution is -0.126. The number of anilines is 1. The molecule has 2 nitrogen and oxygen atoms in total. The summed E-state index contributed by atoms with van der Waals surface area (Å²) in [5.41, 5.74) is 0.963. The van der Waals surface area contributed by atoms with Crippen molar-refractivity contribution in [3.8, 4) is 0 Å². The quantitative estimate of drug-likeness (QED) is 0.776. The first kappa shape index (κ1) is 15.7. The average Bonchev–Trinajstić information content (AvgIpc) is 2.38.